The van der Waals surface area contributed by atoms with Crippen molar-refractivity contribution in [3.8, 4) is 0 Å². The van der Waals surface area contributed by atoms with Gasteiger partial charge in [0.1, 0.15) is 6.61 Å². The van der Waals surface area contributed by atoms with Crippen LogP contribution in [0, 0.1) is 5.92 Å². The highest BCUT2D eigenvalue weighted by Gasteiger charge is 2.26. The van der Waals surface area contributed by atoms with Gasteiger partial charge in [-0.1, -0.05) is 13.8 Å². The fourth-order valence-corrected chi connectivity index (χ4v) is 1.52. The maximum absolute atomic E-state index is 5.24. The summed E-state index contributed by atoms with van der Waals surface area (Å²) in [5.74, 6) is 0.715. The first-order chi connectivity index (χ1) is 5.11. The maximum Gasteiger partial charge on any atom is 0.259 e. The van der Waals surface area contributed by atoms with Gasteiger partial charge < -0.3 is 9.64 Å². The molecule has 0 aromatic carbocycles. The van der Waals surface area contributed by atoms with Gasteiger partial charge in [-0.2, -0.15) is 0 Å². The average Bonchev–Trinajstić information content (AvgIpc) is 2.18. The SMILES string of the molecule is CC(C)CC1COC(=S)N1C. The van der Waals surface area contributed by atoms with E-state index in [1.807, 2.05) is 7.05 Å². The number of hydrogen-bond donors (Lipinski definition) is 0. The Labute approximate surface area is 73.5 Å². The number of likely N-dealkylation sites (N-methyl/N-ethyl adjacent to an activating group) is 1. The van der Waals surface area contributed by atoms with Gasteiger partial charge in [0.05, 0.1) is 6.04 Å². The lowest BCUT2D eigenvalue weighted by molar-refractivity contribution is 0.291. The van der Waals surface area contributed by atoms with Crippen LogP contribution in [-0.2, 0) is 4.74 Å². The lowest BCUT2D eigenvalue weighted by Gasteiger charge is -2.18. The summed E-state index contributed by atoms with van der Waals surface area (Å²) in [6.07, 6.45) is 1.16. The second-order valence-electron chi connectivity index (χ2n) is 3.47. The minimum absolute atomic E-state index is 0.502. The van der Waals surface area contributed by atoms with Crippen molar-refractivity contribution in [3.63, 3.8) is 0 Å². The number of ether oxygens (including phenoxy) is 1. The molecular formula is C8H15NOS. The van der Waals surface area contributed by atoms with Gasteiger partial charge in [-0.25, -0.2) is 0 Å². The third-order valence-electron chi connectivity index (χ3n) is 1.98. The molecule has 0 aromatic heterocycles. The molecule has 1 atom stereocenters. The van der Waals surface area contributed by atoms with Crippen molar-refractivity contribution >= 4 is 17.4 Å². The Morgan fingerprint density at radius 3 is 2.73 bits per heavy atom. The molecule has 1 unspecified atom stereocenters. The van der Waals surface area contributed by atoms with Gasteiger partial charge in [0.15, 0.2) is 0 Å². The third kappa shape index (κ3) is 2.06. The summed E-state index contributed by atoms with van der Waals surface area (Å²) >= 11 is 4.98. The standard InChI is InChI=1S/C8H15NOS/c1-6(2)4-7-5-10-8(11)9(7)3/h6-7H,4-5H2,1-3H3. The van der Waals surface area contributed by atoms with Gasteiger partial charge in [0.25, 0.3) is 5.17 Å². The summed E-state index contributed by atoms with van der Waals surface area (Å²) in [5.41, 5.74) is 0. The predicted octanol–water partition coefficient (Wildman–Crippen LogP) is 1.65. The highest BCUT2D eigenvalue weighted by Crippen LogP contribution is 2.16. The van der Waals surface area contributed by atoms with Crippen molar-refractivity contribution < 1.29 is 4.74 Å². The van der Waals surface area contributed by atoms with Crippen molar-refractivity contribution in [3.05, 3.63) is 0 Å². The molecule has 2 nitrogen and oxygen atoms in total. The molecular weight excluding hydrogens is 158 g/mol. The molecule has 0 aliphatic carbocycles. The third-order valence-corrected chi connectivity index (χ3v) is 2.38. The van der Waals surface area contributed by atoms with Crippen LogP contribution in [0.25, 0.3) is 0 Å². The van der Waals surface area contributed by atoms with Crippen LogP contribution >= 0.6 is 12.2 Å². The minimum Gasteiger partial charge on any atom is -0.469 e. The van der Waals surface area contributed by atoms with E-state index in [4.69, 9.17) is 17.0 Å². The van der Waals surface area contributed by atoms with Crippen LogP contribution in [0.3, 0.4) is 0 Å². The van der Waals surface area contributed by atoms with Gasteiger partial charge in [-0.3, -0.25) is 0 Å². The van der Waals surface area contributed by atoms with Gasteiger partial charge in [-0.15, -0.1) is 0 Å². The van der Waals surface area contributed by atoms with Crippen LogP contribution in [0.2, 0.25) is 0 Å². The lowest BCUT2D eigenvalue weighted by atomic mass is 10.0. The zero-order chi connectivity index (χ0) is 8.43. The van der Waals surface area contributed by atoms with Crippen LogP contribution in [0.1, 0.15) is 20.3 Å². The number of nitrogens with zero attached hydrogens (tertiary/aromatic N) is 1. The lowest BCUT2D eigenvalue weighted by Crippen LogP contribution is -2.30. The topological polar surface area (TPSA) is 12.5 Å². The summed E-state index contributed by atoms with van der Waals surface area (Å²) in [7, 11) is 2.00. The van der Waals surface area contributed by atoms with Gasteiger partial charge in [0, 0.05) is 7.05 Å². The molecule has 0 radical (unpaired) electrons. The molecule has 1 heterocycles. The van der Waals surface area contributed by atoms with Crippen molar-refractivity contribution in [1.29, 1.82) is 0 Å². The number of hydrogen-bond acceptors (Lipinski definition) is 2. The Hall–Kier alpha value is -0.310. The Balaban J connectivity index is 2.42. The summed E-state index contributed by atoms with van der Waals surface area (Å²) in [4.78, 5) is 2.05. The molecule has 1 aliphatic rings. The zero-order valence-electron chi connectivity index (χ0n) is 7.33. The van der Waals surface area contributed by atoms with Crippen molar-refractivity contribution in [2.45, 2.75) is 26.3 Å². The Kier molecular flexibility index (Phi) is 2.71. The zero-order valence-corrected chi connectivity index (χ0v) is 8.15. The maximum atomic E-state index is 5.24. The molecule has 1 rings (SSSR count). The van der Waals surface area contributed by atoms with E-state index in [2.05, 4.69) is 18.7 Å². The summed E-state index contributed by atoms with van der Waals surface area (Å²) in [6, 6.07) is 0.502. The second-order valence-corrected chi connectivity index (χ2v) is 3.82. The van der Waals surface area contributed by atoms with E-state index in [0.29, 0.717) is 17.1 Å². The monoisotopic (exact) mass is 173 g/mol. The van der Waals surface area contributed by atoms with Crippen molar-refractivity contribution in [1.82, 2.24) is 4.90 Å². The van der Waals surface area contributed by atoms with E-state index in [1.54, 1.807) is 0 Å². The van der Waals surface area contributed by atoms with E-state index in [9.17, 15) is 0 Å². The Morgan fingerprint density at radius 1 is 1.73 bits per heavy atom. The molecule has 0 spiro atoms. The first-order valence-corrected chi connectivity index (χ1v) is 4.41. The highest BCUT2D eigenvalue weighted by molar-refractivity contribution is 7.80. The minimum atomic E-state index is 0.502. The highest BCUT2D eigenvalue weighted by atomic mass is 32.1. The second kappa shape index (κ2) is 3.39. The van der Waals surface area contributed by atoms with Crippen LogP contribution in [0.15, 0.2) is 0 Å². The fourth-order valence-electron chi connectivity index (χ4n) is 1.30. The van der Waals surface area contributed by atoms with Crippen LogP contribution in [-0.4, -0.2) is 29.8 Å². The molecule has 0 N–H and O–H groups in total. The first-order valence-electron chi connectivity index (χ1n) is 4.01. The molecule has 0 aromatic rings. The van der Waals surface area contributed by atoms with Gasteiger partial charge in [-0.05, 0) is 24.6 Å². The molecule has 1 saturated heterocycles. The number of thiocarbonyl (C=S) groups is 1. The quantitative estimate of drug-likeness (QED) is 0.589. The van der Waals surface area contributed by atoms with Crippen LogP contribution in [0.5, 0.6) is 0 Å². The molecule has 3 heteroatoms. The summed E-state index contributed by atoms with van der Waals surface area (Å²) in [6.45, 7) is 5.21. The molecule has 1 fully saturated rings. The van der Waals surface area contributed by atoms with E-state index in [1.165, 1.54) is 0 Å². The number of rotatable bonds is 2. The molecule has 64 valence electrons. The van der Waals surface area contributed by atoms with E-state index in [-0.39, 0.29) is 0 Å². The average molecular weight is 173 g/mol. The molecule has 11 heavy (non-hydrogen) atoms. The first kappa shape index (κ1) is 8.78. The normalized spacial score (nSPS) is 24.5. The molecule has 0 amide bonds. The predicted molar refractivity (Wildman–Crippen MR) is 49.6 cm³/mol. The molecule has 0 bridgehead atoms. The summed E-state index contributed by atoms with van der Waals surface area (Å²) in [5, 5.41) is 0.649. The van der Waals surface area contributed by atoms with E-state index >= 15 is 0 Å². The van der Waals surface area contributed by atoms with Crippen molar-refractivity contribution in [2.24, 2.45) is 5.92 Å². The van der Waals surface area contributed by atoms with E-state index in [0.717, 1.165) is 13.0 Å². The largest absolute Gasteiger partial charge is 0.469 e. The van der Waals surface area contributed by atoms with Crippen molar-refractivity contribution in [2.75, 3.05) is 13.7 Å². The summed E-state index contributed by atoms with van der Waals surface area (Å²) < 4.78 is 5.24. The van der Waals surface area contributed by atoms with Gasteiger partial charge >= 0.3 is 0 Å². The Bertz CT molecular complexity index is 158. The Morgan fingerprint density at radius 2 is 2.36 bits per heavy atom. The van der Waals surface area contributed by atoms with Crippen LogP contribution in [0.4, 0.5) is 0 Å². The van der Waals surface area contributed by atoms with E-state index < -0.39 is 0 Å². The molecule has 0 saturated carbocycles. The van der Waals surface area contributed by atoms with Gasteiger partial charge in [0.2, 0.25) is 0 Å². The fraction of sp³-hybridized carbons (Fsp3) is 0.875. The van der Waals surface area contributed by atoms with Crippen LogP contribution < -0.4 is 0 Å². The molecule has 1 aliphatic heterocycles. The smallest absolute Gasteiger partial charge is 0.259 e.